The zero-order chi connectivity index (χ0) is 11.3. The maximum absolute atomic E-state index is 4.04. The molecule has 0 radical (unpaired) electrons. The van der Waals surface area contributed by atoms with Gasteiger partial charge >= 0.3 is 0 Å². The van der Waals surface area contributed by atoms with Gasteiger partial charge in [-0.25, -0.2) is 0 Å². The standard InChI is InChI=1S/C13H22N2/c1-5-15-12(13(2,3)4)10-11-6-8-14-9-7-11/h6-9,12,15H,5,10H2,1-4H3. The summed E-state index contributed by atoms with van der Waals surface area (Å²) in [6.45, 7) is 10.0. The van der Waals surface area contributed by atoms with Crippen molar-refractivity contribution in [2.24, 2.45) is 5.41 Å². The molecule has 0 saturated heterocycles. The first-order valence-electron chi connectivity index (χ1n) is 5.66. The summed E-state index contributed by atoms with van der Waals surface area (Å²) in [6, 6.07) is 4.71. The monoisotopic (exact) mass is 206 g/mol. The van der Waals surface area contributed by atoms with Crippen molar-refractivity contribution in [2.75, 3.05) is 6.54 Å². The number of hydrogen-bond acceptors (Lipinski definition) is 2. The number of nitrogens with one attached hydrogen (secondary N) is 1. The summed E-state index contributed by atoms with van der Waals surface area (Å²) in [5, 5.41) is 3.55. The van der Waals surface area contributed by atoms with Crippen LogP contribution in [-0.4, -0.2) is 17.6 Å². The average molecular weight is 206 g/mol. The fraction of sp³-hybridized carbons (Fsp3) is 0.615. The highest BCUT2D eigenvalue weighted by Crippen LogP contribution is 2.22. The lowest BCUT2D eigenvalue weighted by molar-refractivity contribution is 0.270. The van der Waals surface area contributed by atoms with E-state index in [4.69, 9.17) is 0 Å². The molecule has 1 aromatic heterocycles. The maximum atomic E-state index is 4.04. The highest BCUT2D eigenvalue weighted by atomic mass is 14.9. The van der Waals surface area contributed by atoms with Gasteiger partial charge in [0.15, 0.2) is 0 Å². The van der Waals surface area contributed by atoms with E-state index in [-0.39, 0.29) is 0 Å². The fourth-order valence-corrected chi connectivity index (χ4v) is 1.69. The third-order valence-electron chi connectivity index (χ3n) is 2.69. The van der Waals surface area contributed by atoms with Crippen LogP contribution in [0.4, 0.5) is 0 Å². The minimum absolute atomic E-state index is 0.291. The maximum Gasteiger partial charge on any atom is 0.0270 e. The molecule has 1 rings (SSSR count). The lowest BCUT2D eigenvalue weighted by atomic mass is 9.83. The van der Waals surface area contributed by atoms with Crippen molar-refractivity contribution < 1.29 is 0 Å². The topological polar surface area (TPSA) is 24.9 Å². The molecule has 0 amide bonds. The molecule has 0 aliphatic carbocycles. The smallest absolute Gasteiger partial charge is 0.0270 e. The summed E-state index contributed by atoms with van der Waals surface area (Å²) in [5.74, 6) is 0. The van der Waals surface area contributed by atoms with Crippen molar-refractivity contribution in [3.05, 3.63) is 30.1 Å². The van der Waals surface area contributed by atoms with Gasteiger partial charge in [-0.05, 0) is 36.1 Å². The number of pyridine rings is 1. The quantitative estimate of drug-likeness (QED) is 0.819. The third-order valence-corrected chi connectivity index (χ3v) is 2.69. The van der Waals surface area contributed by atoms with Crippen molar-refractivity contribution in [1.29, 1.82) is 0 Å². The van der Waals surface area contributed by atoms with Crippen molar-refractivity contribution in [2.45, 2.75) is 40.2 Å². The minimum atomic E-state index is 0.291. The van der Waals surface area contributed by atoms with Crippen LogP contribution in [0.2, 0.25) is 0 Å². The Bertz CT molecular complexity index is 274. The Kier molecular flexibility index (Phi) is 4.28. The van der Waals surface area contributed by atoms with E-state index in [0.29, 0.717) is 11.5 Å². The number of hydrogen-bond donors (Lipinski definition) is 1. The van der Waals surface area contributed by atoms with E-state index >= 15 is 0 Å². The first-order valence-corrected chi connectivity index (χ1v) is 5.66. The van der Waals surface area contributed by atoms with Gasteiger partial charge in [0.2, 0.25) is 0 Å². The van der Waals surface area contributed by atoms with Crippen LogP contribution in [0.3, 0.4) is 0 Å². The van der Waals surface area contributed by atoms with Crippen molar-refractivity contribution in [1.82, 2.24) is 10.3 Å². The summed E-state index contributed by atoms with van der Waals surface area (Å²) >= 11 is 0. The molecule has 1 aromatic rings. The number of likely N-dealkylation sites (N-methyl/N-ethyl adjacent to an activating group) is 1. The largest absolute Gasteiger partial charge is 0.313 e. The van der Waals surface area contributed by atoms with Crippen molar-refractivity contribution >= 4 is 0 Å². The minimum Gasteiger partial charge on any atom is -0.313 e. The van der Waals surface area contributed by atoms with Gasteiger partial charge in [0.05, 0.1) is 0 Å². The van der Waals surface area contributed by atoms with Gasteiger partial charge in [-0.3, -0.25) is 4.98 Å². The predicted molar refractivity (Wildman–Crippen MR) is 64.9 cm³/mol. The second-order valence-corrected chi connectivity index (χ2v) is 5.04. The molecule has 2 heteroatoms. The third kappa shape index (κ3) is 4.00. The van der Waals surface area contributed by atoms with Crippen LogP contribution in [-0.2, 0) is 6.42 Å². The van der Waals surface area contributed by atoms with Crippen LogP contribution in [0.25, 0.3) is 0 Å². The van der Waals surface area contributed by atoms with E-state index in [2.05, 4.69) is 50.1 Å². The van der Waals surface area contributed by atoms with Crippen LogP contribution < -0.4 is 5.32 Å². The lowest BCUT2D eigenvalue weighted by Crippen LogP contribution is -2.41. The van der Waals surface area contributed by atoms with E-state index in [1.807, 2.05) is 12.4 Å². The van der Waals surface area contributed by atoms with Crippen LogP contribution in [0.15, 0.2) is 24.5 Å². The zero-order valence-corrected chi connectivity index (χ0v) is 10.2. The van der Waals surface area contributed by atoms with Crippen LogP contribution >= 0.6 is 0 Å². The van der Waals surface area contributed by atoms with Gasteiger partial charge in [-0.15, -0.1) is 0 Å². The van der Waals surface area contributed by atoms with Gasteiger partial charge in [-0.1, -0.05) is 27.7 Å². The van der Waals surface area contributed by atoms with Crippen LogP contribution in [0, 0.1) is 5.41 Å². The average Bonchev–Trinajstić information content (AvgIpc) is 2.17. The van der Waals surface area contributed by atoms with Crippen LogP contribution in [0.1, 0.15) is 33.3 Å². The van der Waals surface area contributed by atoms with E-state index < -0.39 is 0 Å². The Labute approximate surface area is 93.1 Å². The van der Waals surface area contributed by atoms with Crippen LogP contribution in [0.5, 0.6) is 0 Å². The van der Waals surface area contributed by atoms with Crippen molar-refractivity contribution in [3.63, 3.8) is 0 Å². The molecule has 1 heterocycles. The van der Waals surface area contributed by atoms with E-state index in [1.165, 1.54) is 5.56 Å². The molecule has 0 aliphatic heterocycles. The predicted octanol–water partition coefficient (Wildman–Crippen LogP) is 2.65. The summed E-state index contributed by atoms with van der Waals surface area (Å²) < 4.78 is 0. The highest BCUT2D eigenvalue weighted by molar-refractivity contribution is 5.12. The summed E-state index contributed by atoms with van der Waals surface area (Å²) in [7, 11) is 0. The number of nitrogens with zero attached hydrogens (tertiary/aromatic N) is 1. The summed E-state index contributed by atoms with van der Waals surface area (Å²) in [4.78, 5) is 4.04. The molecule has 84 valence electrons. The Morgan fingerprint density at radius 1 is 1.27 bits per heavy atom. The molecule has 0 bridgehead atoms. The molecular formula is C13H22N2. The molecular weight excluding hydrogens is 184 g/mol. The molecule has 0 spiro atoms. The van der Waals surface area contributed by atoms with Gasteiger partial charge in [-0.2, -0.15) is 0 Å². The summed E-state index contributed by atoms with van der Waals surface area (Å²) in [5.41, 5.74) is 1.64. The zero-order valence-electron chi connectivity index (χ0n) is 10.2. The molecule has 1 unspecified atom stereocenters. The Morgan fingerprint density at radius 3 is 2.33 bits per heavy atom. The van der Waals surface area contributed by atoms with E-state index in [0.717, 1.165) is 13.0 Å². The molecule has 1 atom stereocenters. The molecule has 0 saturated carbocycles. The second-order valence-electron chi connectivity index (χ2n) is 5.04. The van der Waals surface area contributed by atoms with Gasteiger partial charge in [0, 0.05) is 18.4 Å². The molecule has 2 nitrogen and oxygen atoms in total. The Morgan fingerprint density at radius 2 is 1.87 bits per heavy atom. The van der Waals surface area contributed by atoms with Gasteiger partial charge in [0.1, 0.15) is 0 Å². The first kappa shape index (κ1) is 12.2. The SMILES string of the molecule is CCNC(Cc1ccncc1)C(C)(C)C. The van der Waals surface area contributed by atoms with Gasteiger partial charge in [0.25, 0.3) is 0 Å². The lowest BCUT2D eigenvalue weighted by Gasteiger charge is -2.31. The van der Waals surface area contributed by atoms with E-state index in [1.54, 1.807) is 0 Å². The molecule has 1 N–H and O–H groups in total. The molecule has 0 aliphatic rings. The summed E-state index contributed by atoms with van der Waals surface area (Å²) in [6.07, 6.45) is 4.79. The molecule has 15 heavy (non-hydrogen) atoms. The molecule has 0 aromatic carbocycles. The van der Waals surface area contributed by atoms with Crippen molar-refractivity contribution in [3.8, 4) is 0 Å². The van der Waals surface area contributed by atoms with Gasteiger partial charge < -0.3 is 5.32 Å². The molecule has 0 fully saturated rings. The number of aromatic nitrogens is 1. The normalized spacial score (nSPS) is 13.9. The fourth-order valence-electron chi connectivity index (χ4n) is 1.69. The number of rotatable bonds is 4. The highest BCUT2D eigenvalue weighted by Gasteiger charge is 2.23. The first-order chi connectivity index (χ1) is 7.04. The Balaban J connectivity index is 2.67. The van der Waals surface area contributed by atoms with E-state index in [9.17, 15) is 0 Å². The Hall–Kier alpha value is -0.890. The second kappa shape index (κ2) is 5.26.